The van der Waals surface area contributed by atoms with Crippen LogP contribution in [-0.2, 0) is 4.79 Å². The fourth-order valence-electron chi connectivity index (χ4n) is 1.86. The lowest BCUT2D eigenvalue weighted by Crippen LogP contribution is -2.11. The zero-order valence-electron chi connectivity index (χ0n) is 10.6. The Hall–Kier alpha value is -2.08. The first kappa shape index (κ1) is 13.4. The minimum absolute atomic E-state index is 0.0396. The van der Waals surface area contributed by atoms with Crippen LogP contribution in [0.1, 0.15) is 25.7 Å². The van der Waals surface area contributed by atoms with Gasteiger partial charge in [0.2, 0.25) is 5.91 Å². The molecule has 1 amide bonds. The number of anilines is 1. The number of hydrogen-bond donors (Lipinski definition) is 3. The highest BCUT2D eigenvalue weighted by Gasteiger charge is 2.05. The number of hydrogen-bond acceptors (Lipinski definition) is 4. The zero-order valence-corrected chi connectivity index (χ0v) is 10.6. The predicted molar refractivity (Wildman–Crippen MR) is 73.0 cm³/mol. The van der Waals surface area contributed by atoms with E-state index in [0.717, 1.165) is 19.3 Å². The monoisotopic (exact) mass is 263 g/mol. The third-order valence-electron chi connectivity index (χ3n) is 2.81. The number of aromatic nitrogens is 1. The van der Waals surface area contributed by atoms with Crippen LogP contribution in [0.25, 0.3) is 11.1 Å². The summed E-state index contributed by atoms with van der Waals surface area (Å²) in [6.07, 6.45) is 3.20. The zero-order chi connectivity index (χ0) is 13.7. The van der Waals surface area contributed by atoms with Crippen LogP contribution in [-0.4, -0.2) is 17.4 Å². The minimum Gasteiger partial charge on any atom is -0.408 e. The van der Waals surface area contributed by atoms with Crippen molar-refractivity contribution in [2.24, 2.45) is 5.73 Å². The summed E-state index contributed by atoms with van der Waals surface area (Å²) in [6, 6.07) is 5.03. The van der Waals surface area contributed by atoms with Gasteiger partial charge in [-0.1, -0.05) is 6.42 Å². The van der Waals surface area contributed by atoms with Crippen molar-refractivity contribution < 1.29 is 9.21 Å². The molecule has 0 aliphatic heterocycles. The lowest BCUT2D eigenvalue weighted by molar-refractivity contribution is -0.116. The number of aromatic amines is 1. The summed E-state index contributed by atoms with van der Waals surface area (Å²) in [5.41, 5.74) is 7.08. The number of fused-ring (bicyclic) bond motifs is 1. The number of benzene rings is 1. The van der Waals surface area contributed by atoms with E-state index < -0.39 is 5.76 Å². The molecule has 0 aliphatic carbocycles. The van der Waals surface area contributed by atoms with Crippen LogP contribution in [0, 0.1) is 0 Å². The SMILES string of the molecule is NCCCCCC(=O)Nc1ccc2oc(=O)[nH]c2c1. The lowest BCUT2D eigenvalue weighted by atomic mass is 10.2. The van der Waals surface area contributed by atoms with E-state index in [1.807, 2.05) is 0 Å². The Kier molecular flexibility index (Phi) is 4.35. The molecule has 0 radical (unpaired) electrons. The molecule has 0 fully saturated rings. The van der Waals surface area contributed by atoms with Crippen molar-refractivity contribution in [3.8, 4) is 0 Å². The summed E-state index contributed by atoms with van der Waals surface area (Å²) in [7, 11) is 0. The molecule has 6 heteroatoms. The van der Waals surface area contributed by atoms with Gasteiger partial charge in [-0.2, -0.15) is 0 Å². The maximum atomic E-state index is 11.7. The quantitative estimate of drug-likeness (QED) is 0.688. The van der Waals surface area contributed by atoms with E-state index in [0.29, 0.717) is 29.8 Å². The number of rotatable bonds is 6. The molecule has 0 spiro atoms. The number of carbonyl (C=O) groups excluding carboxylic acids is 1. The number of unbranched alkanes of at least 4 members (excludes halogenated alkanes) is 2. The number of oxazole rings is 1. The lowest BCUT2D eigenvalue weighted by Gasteiger charge is -2.04. The summed E-state index contributed by atoms with van der Waals surface area (Å²) in [6.45, 7) is 0.659. The number of H-pyrrole nitrogens is 1. The molecule has 0 aliphatic rings. The van der Waals surface area contributed by atoms with Gasteiger partial charge in [-0.15, -0.1) is 0 Å². The van der Waals surface area contributed by atoms with E-state index in [2.05, 4.69) is 10.3 Å². The van der Waals surface area contributed by atoms with E-state index >= 15 is 0 Å². The maximum Gasteiger partial charge on any atom is 0.417 e. The van der Waals surface area contributed by atoms with Gasteiger partial charge in [0.25, 0.3) is 0 Å². The second-order valence-electron chi connectivity index (χ2n) is 4.37. The van der Waals surface area contributed by atoms with Gasteiger partial charge in [-0.25, -0.2) is 4.79 Å². The Morgan fingerprint density at radius 1 is 1.32 bits per heavy atom. The molecule has 0 saturated heterocycles. The van der Waals surface area contributed by atoms with Crippen LogP contribution in [0.3, 0.4) is 0 Å². The first-order valence-electron chi connectivity index (χ1n) is 6.32. The van der Waals surface area contributed by atoms with Crippen LogP contribution >= 0.6 is 0 Å². The van der Waals surface area contributed by atoms with Crippen molar-refractivity contribution in [3.05, 3.63) is 28.7 Å². The molecule has 19 heavy (non-hydrogen) atoms. The van der Waals surface area contributed by atoms with Crippen molar-refractivity contribution in [2.75, 3.05) is 11.9 Å². The first-order valence-corrected chi connectivity index (χ1v) is 6.32. The predicted octanol–water partition coefficient (Wildman–Crippen LogP) is 1.58. The molecule has 2 aromatic rings. The van der Waals surface area contributed by atoms with Crippen LogP contribution in [0.5, 0.6) is 0 Å². The second-order valence-corrected chi connectivity index (χ2v) is 4.37. The van der Waals surface area contributed by atoms with Gasteiger partial charge in [0, 0.05) is 12.1 Å². The molecule has 1 heterocycles. The summed E-state index contributed by atoms with van der Waals surface area (Å²) in [5.74, 6) is -0.539. The Morgan fingerprint density at radius 3 is 2.95 bits per heavy atom. The fraction of sp³-hybridized carbons (Fsp3) is 0.385. The third kappa shape index (κ3) is 3.69. The van der Waals surface area contributed by atoms with Crippen molar-refractivity contribution in [1.29, 1.82) is 0 Å². The molecule has 2 rings (SSSR count). The summed E-state index contributed by atoms with van der Waals surface area (Å²) < 4.78 is 4.88. The van der Waals surface area contributed by atoms with Gasteiger partial charge in [0.15, 0.2) is 5.58 Å². The highest BCUT2D eigenvalue weighted by molar-refractivity contribution is 5.92. The summed E-state index contributed by atoms with van der Waals surface area (Å²) in [4.78, 5) is 25.2. The average molecular weight is 263 g/mol. The Balaban J connectivity index is 1.93. The topological polar surface area (TPSA) is 101 Å². The van der Waals surface area contributed by atoms with Crippen LogP contribution in [0.2, 0.25) is 0 Å². The second kappa shape index (κ2) is 6.19. The molecule has 4 N–H and O–H groups in total. The molecule has 1 aromatic carbocycles. The van der Waals surface area contributed by atoms with Gasteiger partial charge >= 0.3 is 5.76 Å². The highest BCUT2D eigenvalue weighted by Crippen LogP contribution is 2.16. The molecule has 102 valence electrons. The normalized spacial score (nSPS) is 10.8. The Bertz CT molecular complexity index is 615. The number of carbonyl (C=O) groups is 1. The smallest absolute Gasteiger partial charge is 0.408 e. The van der Waals surface area contributed by atoms with Crippen LogP contribution in [0.4, 0.5) is 5.69 Å². The van der Waals surface area contributed by atoms with Crippen molar-refractivity contribution >= 4 is 22.7 Å². The largest absolute Gasteiger partial charge is 0.417 e. The van der Waals surface area contributed by atoms with E-state index in [-0.39, 0.29) is 5.91 Å². The van der Waals surface area contributed by atoms with Gasteiger partial charge in [0.05, 0.1) is 5.52 Å². The van der Waals surface area contributed by atoms with E-state index in [1.54, 1.807) is 18.2 Å². The minimum atomic E-state index is -0.500. The number of nitrogens with two attached hydrogens (primary N) is 1. The standard InChI is InChI=1S/C13H17N3O3/c14-7-3-1-2-4-12(17)15-9-5-6-11-10(8-9)16-13(18)19-11/h5-6,8H,1-4,7,14H2,(H,15,17)(H,16,18). The highest BCUT2D eigenvalue weighted by atomic mass is 16.4. The molecular formula is C13H17N3O3. The maximum absolute atomic E-state index is 11.7. The molecule has 1 aromatic heterocycles. The first-order chi connectivity index (χ1) is 9.19. The molecule has 0 saturated carbocycles. The average Bonchev–Trinajstić information content (AvgIpc) is 2.74. The fourth-order valence-corrected chi connectivity index (χ4v) is 1.86. The number of nitrogens with one attached hydrogen (secondary N) is 2. The Morgan fingerprint density at radius 2 is 2.16 bits per heavy atom. The molecule has 0 bridgehead atoms. The molecule has 6 nitrogen and oxygen atoms in total. The van der Waals surface area contributed by atoms with Crippen molar-refractivity contribution in [3.63, 3.8) is 0 Å². The molecule has 0 atom stereocenters. The summed E-state index contributed by atoms with van der Waals surface area (Å²) >= 11 is 0. The third-order valence-corrected chi connectivity index (χ3v) is 2.81. The van der Waals surface area contributed by atoms with E-state index in [1.165, 1.54) is 0 Å². The van der Waals surface area contributed by atoms with Crippen LogP contribution in [0.15, 0.2) is 27.4 Å². The number of amides is 1. The van der Waals surface area contributed by atoms with Gasteiger partial charge in [0.1, 0.15) is 0 Å². The van der Waals surface area contributed by atoms with Gasteiger partial charge < -0.3 is 15.5 Å². The van der Waals surface area contributed by atoms with Gasteiger partial charge in [-0.3, -0.25) is 9.78 Å². The Labute approximate surface area is 110 Å². The van der Waals surface area contributed by atoms with E-state index in [4.69, 9.17) is 10.2 Å². The summed E-state index contributed by atoms with van der Waals surface area (Å²) in [5, 5.41) is 2.79. The van der Waals surface area contributed by atoms with Crippen LogP contribution < -0.4 is 16.8 Å². The van der Waals surface area contributed by atoms with Gasteiger partial charge in [-0.05, 0) is 37.6 Å². The van der Waals surface area contributed by atoms with Crippen molar-refractivity contribution in [2.45, 2.75) is 25.7 Å². The molecule has 0 unspecified atom stereocenters. The molecular weight excluding hydrogens is 246 g/mol. The van der Waals surface area contributed by atoms with Crippen molar-refractivity contribution in [1.82, 2.24) is 4.98 Å². The van der Waals surface area contributed by atoms with E-state index in [9.17, 15) is 9.59 Å².